The summed E-state index contributed by atoms with van der Waals surface area (Å²) in [4.78, 5) is 27.0. The molecule has 33 heavy (non-hydrogen) atoms. The van der Waals surface area contributed by atoms with E-state index in [2.05, 4.69) is 10.6 Å². The number of carbonyl (C=O) groups is 2. The molecule has 1 unspecified atom stereocenters. The van der Waals surface area contributed by atoms with Crippen LogP contribution in [0.25, 0.3) is 0 Å². The number of amides is 2. The van der Waals surface area contributed by atoms with Crippen LogP contribution in [0.4, 0.5) is 13.2 Å². The molecule has 3 aliphatic rings. The number of hydrogen-bond donors (Lipinski definition) is 2. The Morgan fingerprint density at radius 1 is 1.18 bits per heavy atom. The van der Waals surface area contributed by atoms with Crippen molar-refractivity contribution in [2.75, 3.05) is 18.8 Å². The van der Waals surface area contributed by atoms with Crippen molar-refractivity contribution in [2.45, 2.75) is 75.0 Å². The highest BCUT2D eigenvalue weighted by Crippen LogP contribution is 2.39. The molecular formula is C24H32F3N3O2S. The van der Waals surface area contributed by atoms with Crippen molar-refractivity contribution in [3.8, 4) is 0 Å². The van der Waals surface area contributed by atoms with E-state index in [9.17, 15) is 22.8 Å². The fourth-order valence-electron chi connectivity index (χ4n) is 5.15. The van der Waals surface area contributed by atoms with Crippen LogP contribution in [0.2, 0.25) is 0 Å². The molecule has 9 heteroatoms. The third kappa shape index (κ3) is 6.23. The highest BCUT2D eigenvalue weighted by atomic mass is 32.2. The van der Waals surface area contributed by atoms with Crippen LogP contribution < -0.4 is 10.6 Å². The fourth-order valence-corrected chi connectivity index (χ4v) is 6.56. The van der Waals surface area contributed by atoms with E-state index in [4.69, 9.17) is 0 Å². The van der Waals surface area contributed by atoms with Crippen LogP contribution >= 0.6 is 11.8 Å². The summed E-state index contributed by atoms with van der Waals surface area (Å²) in [7, 11) is 0. The number of likely N-dealkylation sites (tertiary alicyclic amines) is 1. The monoisotopic (exact) mass is 483 g/mol. The first-order valence-corrected chi connectivity index (χ1v) is 12.9. The van der Waals surface area contributed by atoms with E-state index < -0.39 is 11.7 Å². The molecule has 2 aliphatic heterocycles. The summed E-state index contributed by atoms with van der Waals surface area (Å²) in [5, 5.41) is 6.21. The topological polar surface area (TPSA) is 61.4 Å². The lowest BCUT2D eigenvalue weighted by molar-refractivity contribution is -0.137. The molecule has 1 aromatic carbocycles. The van der Waals surface area contributed by atoms with Crippen LogP contribution in [0.15, 0.2) is 24.3 Å². The Hall–Kier alpha value is -1.74. The normalized spacial score (nSPS) is 23.2. The largest absolute Gasteiger partial charge is 0.416 e. The number of benzene rings is 1. The zero-order chi connectivity index (χ0) is 23.5. The number of hydrogen-bond acceptors (Lipinski definition) is 4. The molecule has 1 saturated carbocycles. The number of halogens is 3. The standard InChI is InChI=1S/C24H32F3N3O2S/c25-24(26,27)19-7-3-6-18(14-19)15-28-22(32)20-16-33-23(29-20)10-12-30(13-11-23)21(31)9-8-17-4-1-2-5-17/h3,6-7,14,17,20,29H,1-2,4-5,8-13,15-16H2,(H,28,32). The third-order valence-electron chi connectivity index (χ3n) is 7.17. The summed E-state index contributed by atoms with van der Waals surface area (Å²) in [6.45, 7) is 1.45. The Labute approximate surface area is 197 Å². The van der Waals surface area contributed by atoms with Gasteiger partial charge >= 0.3 is 6.18 Å². The summed E-state index contributed by atoms with van der Waals surface area (Å²) in [6.07, 6.45) is 3.94. The average Bonchev–Trinajstić information content (AvgIpc) is 3.47. The molecule has 182 valence electrons. The van der Waals surface area contributed by atoms with Gasteiger partial charge in [-0.25, -0.2) is 0 Å². The second-order valence-corrected chi connectivity index (χ2v) is 10.9. The van der Waals surface area contributed by atoms with E-state index in [0.29, 0.717) is 36.7 Å². The summed E-state index contributed by atoms with van der Waals surface area (Å²) < 4.78 is 38.6. The van der Waals surface area contributed by atoms with E-state index in [1.165, 1.54) is 31.7 Å². The highest BCUT2D eigenvalue weighted by molar-refractivity contribution is 8.01. The zero-order valence-electron chi connectivity index (χ0n) is 18.8. The molecule has 3 fully saturated rings. The molecule has 1 atom stereocenters. The van der Waals surface area contributed by atoms with Gasteiger partial charge < -0.3 is 10.2 Å². The van der Waals surface area contributed by atoms with Gasteiger partial charge in [-0.15, -0.1) is 11.8 Å². The number of alkyl halides is 3. The predicted octanol–water partition coefficient (Wildman–Crippen LogP) is 4.32. The van der Waals surface area contributed by atoms with Gasteiger partial charge in [0.2, 0.25) is 11.8 Å². The van der Waals surface area contributed by atoms with Crippen molar-refractivity contribution >= 4 is 23.6 Å². The Bertz CT molecular complexity index is 850. The van der Waals surface area contributed by atoms with Gasteiger partial charge in [0.15, 0.2) is 0 Å². The number of nitrogens with one attached hydrogen (secondary N) is 2. The minimum absolute atomic E-state index is 0.0574. The van der Waals surface area contributed by atoms with Gasteiger partial charge in [0.05, 0.1) is 16.5 Å². The molecule has 2 heterocycles. The van der Waals surface area contributed by atoms with E-state index in [0.717, 1.165) is 31.4 Å². The van der Waals surface area contributed by atoms with Crippen molar-refractivity contribution in [1.82, 2.24) is 15.5 Å². The van der Waals surface area contributed by atoms with Crippen LogP contribution in [0.3, 0.4) is 0 Å². The molecule has 0 bridgehead atoms. The Balaban J connectivity index is 1.21. The zero-order valence-corrected chi connectivity index (χ0v) is 19.6. The maximum atomic E-state index is 12.9. The molecule has 1 spiro atoms. The summed E-state index contributed by atoms with van der Waals surface area (Å²) in [6, 6.07) is 4.64. The van der Waals surface area contributed by atoms with E-state index in [1.807, 2.05) is 4.90 Å². The maximum absolute atomic E-state index is 12.9. The quantitative estimate of drug-likeness (QED) is 0.633. The highest BCUT2D eigenvalue weighted by Gasteiger charge is 2.44. The van der Waals surface area contributed by atoms with Crippen LogP contribution in [-0.2, 0) is 22.3 Å². The molecule has 0 radical (unpaired) electrons. The second-order valence-electron chi connectivity index (χ2n) is 9.49. The molecule has 4 rings (SSSR count). The third-order valence-corrected chi connectivity index (χ3v) is 8.74. The lowest BCUT2D eigenvalue weighted by Gasteiger charge is -2.39. The van der Waals surface area contributed by atoms with Crippen molar-refractivity contribution < 1.29 is 22.8 Å². The molecule has 0 aromatic heterocycles. The molecule has 1 aromatic rings. The minimum Gasteiger partial charge on any atom is -0.351 e. The SMILES string of the molecule is O=C(NCc1cccc(C(F)(F)F)c1)C1CSC2(CCN(C(=O)CCC3CCCC3)CC2)N1. The van der Waals surface area contributed by atoms with Gasteiger partial charge in [-0.1, -0.05) is 37.8 Å². The van der Waals surface area contributed by atoms with Gasteiger partial charge in [0, 0.05) is 31.8 Å². The van der Waals surface area contributed by atoms with Crippen LogP contribution in [0.1, 0.15) is 62.5 Å². The minimum atomic E-state index is -4.40. The Morgan fingerprint density at radius 3 is 2.61 bits per heavy atom. The second kappa shape index (κ2) is 10.3. The lowest BCUT2D eigenvalue weighted by atomic mass is 9.99. The Morgan fingerprint density at radius 2 is 1.91 bits per heavy atom. The number of nitrogens with zero attached hydrogens (tertiary/aromatic N) is 1. The van der Waals surface area contributed by atoms with E-state index in [-0.39, 0.29) is 29.3 Å². The van der Waals surface area contributed by atoms with Crippen LogP contribution in [0.5, 0.6) is 0 Å². The predicted molar refractivity (Wildman–Crippen MR) is 122 cm³/mol. The summed E-state index contributed by atoms with van der Waals surface area (Å²) in [5.41, 5.74) is -0.296. The number of thioether (sulfide) groups is 1. The molecule has 1 aliphatic carbocycles. The molecular weight excluding hydrogens is 451 g/mol. The molecule has 2 amide bonds. The molecule has 2 saturated heterocycles. The van der Waals surface area contributed by atoms with E-state index >= 15 is 0 Å². The lowest BCUT2D eigenvalue weighted by Crippen LogP contribution is -2.54. The maximum Gasteiger partial charge on any atom is 0.416 e. The number of rotatable bonds is 6. The first-order chi connectivity index (χ1) is 15.7. The van der Waals surface area contributed by atoms with Crippen molar-refractivity contribution in [3.63, 3.8) is 0 Å². The van der Waals surface area contributed by atoms with Crippen LogP contribution in [-0.4, -0.2) is 46.5 Å². The first-order valence-electron chi connectivity index (χ1n) is 11.9. The van der Waals surface area contributed by atoms with E-state index in [1.54, 1.807) is 17.8 Å². The van der Waals surface area contributed by atoms with Gasteiger partial charge in [-0.2, -0.15) is 13.2 Å². The summed E-state index contributed by atoms with van der Waals surface area (Å²) >= 11 is 1.72. The number of piperidine rings is 1. The van der Waals surface area contributed by atoms with Crippen molar-refractivity contribution in [3.05, 3.63) is 35.4 Å². The van der Waals surface area contributed by atoms with Gasteiger partial charge in [-0.05, 0) is 42.9 Å². The first kappa shape index (κ1) is 24.4. The smallest absolute Gasteiger partial charge is 0.351 e. The van der Waals surface area contributed by atoms with Crippen molar-refractivity contribution in [2.24, 2.45) is 5.92 Å². The average molecular weight is 484 g/mol. The number of carbonyl (C=O) groups excluding carboxylic acids is 2. The van der Waals surface area contributed by atoms with Crippen LogP contribution in [0, 0.1) is 5.92 Å². The molecule has 5 nitrogen and oxygen atoms in total. The van der Waals surface area contributed by atoms with Gasteiger partial charge in [0.25, 0.3) is 0 Å². The Kier molecular flexibility index (Phi) is 7.58. The fraction of sp³-hybridized carbons (Fsp3) is 0.667. The van der Waals surface area contributed by atoms with Gasteiger partial charge in [0.1, 0.15) is 0 Å². The van der Waals surface area contributed by atoms with Gasteiger partial charge in [-0.3, -0.25) is 14.9 Å². The summed E-state index contributed by atoms with van der Waals surface area (Å²) in [5.74, 6) is 1.37. The van der Waals surface area contributed by atoms with Crippen molar-refractivity contribution in [1.29, 1.82) is 0 Å². The molecule has 2 N–H and O–H groups in total.